The highest BCUT2D eigenvalue weighted by atomic mass is 32.1. The fraction of sp³-hybridized carbons (Fsp3) is 0.667. The number of carbonyl (C=O) groups excluding carboxylic acids is 2. The Morgan fingerprint density at radius 2 is 1.82 bits per heavy atom. The van der Waals surface area contributed by atoms with E-state index < -0.39 is 11.9 Å². The second-order valence-electron chi connectivity index (χ2n) is 6.36. The summed E-state index contributed by atoms with van der Waals surface area (Å²) in [5.41, 5.74) is 11.7. The Balaban J connectivity index is 2.73. The number of nitrogens with zero attached hydrogens (tertiary/aromatic N) is 1. The van der Waals surface area contributed by atoms with Crippen LogP contribution < -0.4 is 16.8 Å². The average molecular weight is 326 g/mol. The molecule has 0 saturated heterocycles. The van der Waals surface area contributed by atoms with Crippen molar-refractivity contribution in [3.8, 4) is 0 Å². The molecule has 1 aromatic heterocycles. The van der Waals surface area contributed by atoms with E-state index in [9.17, 15) is 9.59 Å². The number of primary amides is 1. The Labute approximate surface area is 135 Å². The fourth-order valence-electron chi connectivity index (χ4n) is 2.12. The van der Waals surface area contributed by atoms with Gasteiger partial charge in [0.25, 0.3) is 5.91 Å². The molecule has 2 atom stereocenters. The van der Waals surface area contributed by atoms with Gasteiger partial charge in [-0.15, -0.1) is 11.3 Å². The van der Waals surface area contributed by atoms with Gasteiger partial charge >= 0.3 is 0 Å². The van der Waals surface area contributed by atoms with Gasteiger partial charge in [-0.2, -0.15) is 0 Å². The van der Waals surface area contributed by atoms with E-state index in [4.69, 9.17) is 11.5 Å². The lowest BCUT2D eigenvalue weighted by Crippen LogP contribution is -2.45. The van der Waals surface area contributed by atoms with Crippen molar-refractivity contribution >= 4 is 23.2 Å². The largest absolute Gasteiger partial charge is 0.368 e. The van der Waals surface area contributed by atoms with E-state index in [1.807, 2.05) is 13.8 Å². The lowest BCUT2D eigenvalue weighted by molar-refractivity contribution is -0.120. The summed E-state index contributed by atoms with van der Waals surface area (Å²) in [6.07, 6.45) is 1.32. The van der Waals surface area contributed by atoms with Crippen molar-refractivity contribution in [1.29, 1.82) is 0 Å². The summed E-state index contributed by atoms with van der Waals surface area (Å²) in [5.74, 6) is -0.206. The molecule has 0 spiro atoms. The third-order valence-corrected chi connectivity index (χ3v) is 4.13. The van der Waals surface area contributed by atoms with E-state index in [2.05, 4.69) is 24.1 Å². The minimum absolute atomic E-state index is 0.172. The Morgan fingerprint density at radius 1 is 1.23 bits per heavy atom. The maximum absolute atomic E-state index is 12.2. The topological polar surface area (TPSA) is 111 Å². The molecule has 0 aliphatic carbocycles. The maximum Gasteiger partial charge on any atom is 0.271 e. The molecule has 0 saturated carbocycles. The average Bonchev–Trinajstić information content (AvgIpc) is 2.85. The molecule has 5 N–H and O–H groups in total. The lowest BCUT2D eigenvalue weighted by atomic mass is 10.0. The number of nitrogens with one attached hydrogen (secondary N) is 1. The first-order valence-corrected chi connectivity index (χ1v) is 8.39. The van der Waals surface area contributed by atoms with Gasteiger partial charge in [0.1, 0.15) is 16.7 Å². The molecule has 0 fully saturated rings. The quantitative estimate of drug-likeness (QED) is 0.676. The number of amides is 2. The number of thiazole rings is 1. The Kier molecular flexibility index (Phi) is 6.96. The van der Waals surface area contributed by atoms with Crippen LogP contribution in [0.4, 0.5) is 0 Å². The third-order valence-electron chi connectivity index (χ3n) is 3.15. The highest BCUT2D eigenvalue weighted by molar-refractivity contribution is 7.09. The van der Waals surface area contributed by atoms with Gasteiger partial charge in [0.15, 0.2) is 0 Å². The molecule has 1 rings (SSSR count). The molecule has 0 aliphatic rings. The molecule has 6 nitrogen and oxygen atoms in total. The molecular formula is C15H26N4O2S. The van der Waals surface area contributed by atoms with Crippen LogP contribution in [0.3, 0.4) is 0 Å². The Morgan fingerprint density at radius 3 is 2.32 bits per heavy atom. The van der Waals surface area contributed by atoms with Gasteiger partial charge in [-0.1, -0.05) is 27.7 Å². The van der Waals surface area contributed by atoms with Crippen LogP contribution in [0.1, 0.15) is 62.1 Å². The molecular weight excluding hydrogens is 300 g/mol. The summed E-state index contributed by atoms with van der Waals surface area (Å²) in [7, 11) is 0. The number of aromatic nitrogens is 1. The summed E-state index contributed by atoms with van der Waals surface area (Å²) in [6, 6.07) is -0.851. The minimum atomic E-state index is -0.679. The molecule has 0 bridgehead atoms. The van der Waals surface area contributed by atoms with Crippen LogP contribution in [0.15, 0.2) is 5.38 Å². The number of hydrogen-bond donors (Lipinski definition) is 3. The molecule has 0 aromatic carbocycles. The Hall–Kier alpha value is -1.47. The highest BCUT2D eigenvalue weighted by Crippen LogP contribution is 2.22. The summed E-state index contributed by atoms with van der Waals surface area (Å²) in [4.78, 5) is 27.9. The van der Waals surface area contributed by atoms with Crippen LogP contribution in [-0.2, 0) is 4.79 Å². The van der Waals surface area contributed by atoms with Gasteiger partial charge in [-0.05, 0) is 24.7 Å². The van der Waals surface area contributed by atoms with Crippen molar-refractivity contribution in [3.63, 3.8) is 0 Å². The highest BCUT2D eigenvalue weighted by Gasteiger charge is 2.22. The van der Waals surface area contributed by atoms with E-state index in [1.54, 1.807) is 5.38 Å². The van der Waals surface area contributed by atoms with Crippen LogP contribution in [0.25, 0.3) is 0 Å². The number of rotatable bonds is 8. The van der Waals surface area contributed by atoms with Crippen molar-refractivity contribution in [2.24, 2.45) is 23.3 Å². The van der Waals surface area contributed by atoms with E-state index in [-0.39, 0.29) is 23.6 Å². The summed E-state index contributed by atoms with van der Waals surface area (Å²) in [6.45, 7) is 8.11. The van der Waals surface area contributed by atoms with E-state index in [0.717, 1.165) is 11.4 Å². The molecule has 2 amide bonds. The number of hydrogen-bond acceptors (Lipinski definition) is 5. The molecule has 1 heterocycles. The van der Waals surface area contributed by atoms with Crippen molar-refractivity contribution in [1.82, 2.24) is 10.3 Å². The van der Waals surface area contributed by atoms with Gasteiger partial charge < -0.3 is 16.8 Å². The zero-order chi connectivity index (χ0) is 16.9. The SMILES string of the molecule is CC(C)CC(NC(=O)c1csc(C(N)CC(C)C)n1)C(N)=O. The second-order valence-corrected chi connectivity index (χ2v) is 7.25. The molecule has 7 heteroatoms. The van der Waals surface area contributed by atoms with E-state index >= 15 is 0 Å². The molecule has 1 aromatic rings. The van der Waals surface area contributed by atoms with Crippen LogP contribution in [0.2, 0.25) is 0 Å². The van der Waals surface area contributed by atoms with Crippen LogP contribution in [-0.4, -0.2) is 22.8 Å². The van der Waals surface area contributed by atoms with Gasteiger partial charge in [0, 0.05) is 5.38 Å². The first-order chi connectivity index (χ1) is 10.2. The molecule has 124 valence electrons. The zero-order valence-electron chi connectivity index (χ0n) is 13.6. The zero-order valence-corrected chi connectivity index (χ0v) is 14.4. The van der Waals surface area contributed by atoms with Crippen LogP contribution in [0, 0.1) is 11.8 Å². The molecule has 0 aliphatic heterocycles. The standard InChI is InChI=1S/C15H26N4O2S/c1-8(2)5-10(16)15-19-12(7-22-15)14(21)18-11(13(17)20)6-9(3)4/h7-11H,5-6,16H2,1-4H3,(H2,17,20)(H,18,21). The van der Waals surface area contributed by atoms with Gasteiger partial charge in [0.05, 0.1) is 6.04 Å². The smallest absolute Gasteiger partial charge is 0.271 e. The van der Waals surface area contributed by atoms with Gasteiger partial charge in [-0.25, -0.2) is 4.98 Å². The summed E-state index contributed by atoms with van der Waals surface area (Å²) < 4.78 is 0. The number of carbonyl (C=O) groups is 2. The van der Waals surface area contributed by atoms with E-state index in [0.29, 0.717) is 12.3 Å². The van der Waals surface area contributed by atoms with Crippen LogP contribution >= 0.6 is 11.3 Å². The van der Waals surface area contributed by atoms with Crippen molar-refractivity contribution in [2.45, 2.75) is 52.6 Å². The van der Waals surface area contributed by atoms with Gasteiger partial charge in [0.2, 0.25) is 5.91 Å². The third kappa shape index (κ3) is 5.73. The predicted octanol–water partition coefficient (Wildman–Crippen LogP) is 1.82. The van der Waals surface area contributed by atoms with Crippen molar-refractivity contribution in [2.75, 3.05) is 0 Å². The summed E-state index contributed by atoms with van der Waals surface area (Å²) >= 11 is 1.36. The maximum atomic E-state index is 12.2. The van der Waals surface area contributed by atoms with E-state index in [1.165, 1.54) is 11.3 Å². The van der Waals surface area contributed by atoms with Gasteiger partial charge in [-0.3, -0.25) is 9.59 Å². The molecule has 22 heavy (non-hydrogen) atoms. The number of nitrogens with two attached hydrogens (primary N) is 2. The predicted molar refractivity (Wildman–Crippen MR) is 88.4 cm³/mol. The van der Waals surface area contributed by atoms with Crippen LogP contribution in [0.5, 0.6) is 0 Å². The monoisotopic (exact) mass is 326 g/mol. The molecule has 0 radical (unpaired) electrons. The van der Waals surface area contributed by atoms with Crippen molar-refractivity contribution < 1.29 is 9.59 Å². The lowest BCUT2D eigenvalue weighted by Gasteiger charge is -2.16. The minimum Gasteiger partial charge on any atom is -0.368 e. The summed E-state index contributed by atoms with van der Waals surface area (Å²) in [5, 5.41) is 5.05. The fourth-order valence-corrected chi connectivity index (χ4v) is 2.93. The normalized spacial score (nSPS) is 14.1. The first-order valence-electron chi connectivity index (χ1n) is 7.51. The molecule has 2 unspecified atom stereocenters. The first kappa shape index (κ1) is 18.6. The second kappa shape index (κ2) is 8.24. The van der Waals surface area contributed by atoms with Crippen molar-refractivity contribution in [3.05, 3.63) is 16.1 Å². The Bertz CT molecular complexity index is 513.